The highest BCUT2D eigenvalue weighted by Crippen LogP contribution is 2.27. The number of halogens is 1. The molecule has 1 aliphatic rings. The largest absolute Gasteiger partial charge is 0.355 e. The fourth-order valence-corrected chi connectivity index (χ4v) is 3.96. The van der Waals surface area contributed by atoms with Crippen molar-refractivity contribution in [2.75, 3.05) is 18.0 Å². The van der Waals surface area contributed by atoms with E-state index in [2.05, 4.69) is 10.4 Å². The first-order chi connectivity index (χ1) is 14.9. The number of para-hydroxylation sites is 1. The molecule has 6 nitrogen and oxygen atoms in total. The van der Waals surface area contributed by atoms with Gasteiger partial charge in [-0.3, -0.25) is 9.59 Å². The molecule has 0 spiro atoms. The number of aryl methyl sites for hydroxylation is 2. The minimum absolute atomic E-state index is 0.0947. The number of carbonyl (C=O) groups excluding carboxylic acids is 2. The molecule has 0 bridgehead atoms. The summed E-state index contributed by atoms with van der Waals surface area (Å²) in [7, 11) is 0. The zero-order chi connectivity index (χ0) is 22.0. The molecule has 2 heterocycles. The van der Waals surface area contributed by atoms with Gasteiger partial charge in [-0.25, -0.2) is 9.07 Å². The van der Waals surface area contributed by atoms with Gasteiger partial charge in [0.25, 0.3) is 0 Å². The highest BCUT2D eigenvalue weighted by Gasteiger charge is 2.35. The van der Waals surface area contributed by atoms with Gasteiger partial charge < -0.3 is 10.2 Å². The van der Waals surface area contributed by atoms with Crippen molar-refractivity contribution in [3.63, 3.8) is 0 Å². The molecule has 2 amide bonds. The van der Waals surface area contributed by atoms with Crippen molar-refractivity contribution in [1.82, 2.24) is 15.1 Å². The van der Waals surface area contributed by atoms with Crippen LogP contribution in [0.15, 0.2) is 54.6 Å². The fraction of sp³-hybridized carbons (Fsp3) is 0.292. The maximum absolute atomic E-state index is 14.0. The summed E-state index contributed by atoms with van der Waals surface area (Å²) in [6, 6.07) is 16.2. The van der Waals surface area contributed by atoms with E-state index in [1.165, 1.54) is 11.0 Å². The Kier molecular flexibility index (Phi) is 5.84. The third-order valence-electron chi connectivity index (χ3n) is 5.54. The second-order valence-corrected chi connectivity index (χ2v) is 7.90. The summed E-state index contributed by atoms with van der Waals surface area (Å²) in [5, 5.41) is 7.39. The van der Waals surface area contributed by atoms with Crippen LogP contribution < -0.4 is 10.2 Å². The van der Waals surface area contributed by atoms with E-state index < -0.39 is 11.7 Å². The van der Waals surface area contributed by atoms with Crippen molar-refractivity contribution >= 4 is 17.5 Å². The second-order valence-electron chi connectivity index (χ2n) is 7.90. The van der Waals surface area contributed by atoms with Crippen molar-refractivity contribution in [3.05, 3.63) is 77.4 Å². The average molecular weight is 420 g/mol. The third-order valence-corrected chi connectivity index (χ3v) is 5.54. The second kappa shape index (κ2) is 8.71. The van der Waals surface area contributed by atoms with Gasteiger partial charge in [-0.05, 0) is 56.2 Å². The number of hydrogen-bond donors (Lipinski definition) is 1. The van der Waals surface area contributed by atoms with Crippen molar-refractivity contribution in [2.24, 2.45) is 5.92 Å². The van der Waals surface area contributed by atoms with E-state index in [1.54, 1.807) is 18.2 Å². The number of benzene rings is 2. The highest BCUT2D eigenvalue weighted by molar-refractivity contribution is 6.00. The molecule has 4 rings (SSSR count). The fourth-order valence-electron chi connectivity index (χ4n) is 3.96. The van der Waals surface area contributed by atoms with Gasteiger partial charge in [-0.1, -0.05) is 24.3 Å². The lowest BCUT2D eigenvalue weighted by Gasteiger charge is -2.17. The summed E-state index contributed by atoms with van der Waals surface area (Å²) in [6.07, 6.45) is 0.776. The number of hydrogen-bond acceptors (Lipinski definition) is 3. The number of anilines is 1. The van der Waals surface area contributed by atoms with Crippen molar-refractivity contribution in [2.45, 2.75) is 26.7 Å². The highest BCUT2D eigenvalue weighted by atomic mass is 19.1. The van der Waals surface area contributed by atoms with Gasteiger partial charge in [0.1, 0.15) is 5.82 Å². The van der Waals surface area contributed by atoms with E-state index in [9.17, 15) is 14.0 Å². The van der Waals surface area contributed by atoms with Crippen LogP contribution in [-0.2, 0) is 16.0 Å². The van der Waals surface area contributed by atoms with E-state index in [-0.39, 0.29) is 30.5 Å². The average Bonchev–Trinajstić information content (AvgIpc) is 3.30. The monoisotopic (exact) mass is 420 g/mol. The summed E-state index contributed by atoms with van der Waals surface area (Å²) < 4.78 is 15.9. The molecule has 1 fully saturated rings. The molecule has 2 aromatic carbocycles. The van der Waals surface area contributed by atoms with E-state index in [1.807, 2.05) is 48.9 Å². The van der Waals surface area contributed by atoms with Gasteiger partial charge >= 0.3 is 0 Å². The smallest absolute Gasteiger partial charge is 0.227 e. The van der Waals surface area contributed by atoms with E-state index >= 15 is 0 Å². The summed E-state index contributed by atoms with van der Waals surface area (Å²) in [5.41, 5.74) is 4.37. The van der Waals surface area contributed by atoms with Crippen LogP contribution >= 0.6 is 0 Å². The van der Waals surface area contributed by atoms with Crippen LogP contribution in [0.25, 0.3) is 5.69 Å². The first kappa shape index (κ1) is 20.8. The Balaban J connectivity index is 1.30. The van der Waals surface area contributed by atoms with Crippen LogP contribution in [0.3, 0.4) is 0 Å². The lowest BCUT2D eigenvalue weighted by atomic mass is 10.1. The molecule has 0 aliphatic carbocycles. The molecule has 31 heavy (non-hydrogen) atoms. The quantitative estimate of drug-likeness (QED) is 0.665. The normalized spacial score (nSPS) is 16.0. The lowest BCUT2D eigenvalue weighted by molar-refractivity contribution is -0.126. The Labute approximate surface area is 180 Å². The lowest BCUT2D eigenvalue weighted by Crippen LogP contribution is -2.34. The Morgan fingerprint density at radius 1 is 1.16 bits per heavy atom. The molecule has 0 saturated carbocycles. The van der Waals surface area contributed by atoms with Crippen LogP contribution in [0.2, 0.25) is 0 Å². The van der Waals surface area contributed by atoms with E-state index in [4.69, 9.17) is 0 Å². The Morgan fingerprint density at radius 3 is 2.58 bits per heavy atom. The van der Waals surface area contributed by atoms with E-state index in [0.29, 0.717) is 13.0 Å². The molecule has 160 valence electrons. The summed E-state index contributed by atoms with van der Waals surface area (Å²) >= 11 is 0. The molecule has 1 aliphatic heterocycles. The van der Waals surface area contributed by atoms with Crippen LogP contribution in [0, 0.1) is 25.6 Å². The number of aromatic nitrogens is 2. The molecule has 1 unspecified atom stereocenters. The van der Waals surface area contributed by atoms with Crippen LogP contribution in [0.1, 0.15) is 23.4 Å². The van der Waals surface area contributed by atoms with Gasteiger partial charge in [-0.2, -0.15) is 5.10 Å². The van der Waals surface area contributed by atoms with Crippen molar-refractivity contribution in [1.29, 1.82) is 0 Å². The van der Waals surface area contributed by atoms with Gasteiger partial charge in [0, 0.05) is 25.2 Å². The molecule has 3 aromatic rings. The molecule has 0 radical (unpaired) electrons. The summed E-state index contributed by atoms with van der Waals surface area (Å²) in [6.45, 7) is 4.66. The predicted octanol–water partition coefficient (Wildman–Crippen LogP) is 3.34. The molecule has 7 heteroatoms. The molecule has 1 atom stereocenters. The molecule has 1 aromatic heterocycles. The summed E-state index contributed by atoms with van der Waals surface area (Å²) in [4.78, 5) is 26.2. The number of nitrogens with zero attached hydrogens (tertiary/aromatic N) is 3. The number of carbonyl (C=O) groups is 2. The van der Waals surface area contributed by atoms with Gasteiger partial charge in [0.2, 0.25) is 11.8 Å². The first-order valence-electron chi connectivity index (χ1n) is 10.4. The number of rotatable bonds is 6. The van der Waals surface area contributed by atoms with E-state index in [0.717, 1.165) is 22.6 Å². The zero-order valence-corrected chi connectivity index (χ0v) is 17.6. The standard InChI is InChI=1S/C24H25FN4O2/c1-16-13-17(2)29(27-16)20-9-7-18(8-10-20)11-12-26-24(31)19-14-23(30)28(15-19)22-6-4-3-5-21(22)25/h3-10,13,19H,11-12,14-15H2,1-2H3,(H,26,31). The maximum atomic E-state index is 14.0. The Hall–Kier alpha value is -3.48. The molecule has 1 saturated heterocycles. The maximum Gasteiger partial charge on any atom is 0.227 e. The van der Waals surface area contributed by atoms with Gasteiger partial charge in [-0.15, -0.1) is 0 Å². The van der Waals surface area contributed by atoms with Crippen LogP contribution in [-0.4, -0.2) is 34.7 Å². The molecule has 1 N–H and O–H groups in total. The SMILES string of the molecule is Cc1cc(C)n(-c2ccc(CCNC(=O)C3CC(=O)N(c4ccccc4F)C3)cc2)n1. The number of nitrogens with one attached hydrogen (secondary N) is 1. The van der Waals surface area contributed by atoms with Crippen molar-refractivity contribution < 1.29 is 14.0 Å². The predicted molar refractivity (Wildman–Crippen MR) is 117 cm³/mol. The Morgan fingerprint density at radius 2 is 1.90 bits per heavy atom. The minimum atomic E-state index is -0.472. The van der Waals surface area contributed by atoms with Crippen molar-refractivity contribution in [3.8, 4) is 5.69 Å². The molecular weight excluding hydrogens is 395 g/mol. The third kappa shape index (κ3) is 4.50. The molecular formula is C24H25FN4O2. The zero-order valence-electron chi connectivity index (χ0n) is 17.6. The first-order valence-corrected chi connectivity index (χ1v) is 10.4. The topological polar surface area (TPSA) is 67.2 Å². The number of amides is 2. The van der Waals surface area contributed by atoms with Gasteiger partial charge in [0.15, 0.2) is 0 Å². The minimum Gasteiger partial charge on any atom is -0.355 e. The van der Waals surface area contributed by atoms with Crippen LogP contribution in [0.5, 0.6) is 0 Å². The summed E-state index contributed by atoms with van der Waals surface area (Å²) in [5.74, 6) is -1.34. The van der Waals surface area contributed by atoms with Crippen LogP contribution in [0.4, 0.5) is 10.1 Å². The Bertz CT molecular complexity index is 1110. The van der Waals surface area contributed by atoms with Gasteiger partial charge in [0.05, 0.1) is 23.0 Å².